The lowest BCUT2D eigenvalue weighted by molar-refractivity contribution is -0.388. The standard InChI is InChI=1S/C75H129N5O35/c1-19-21-42(23-81)50(40(15)41(16)89)44(25-83)22-43(24-82)38(13)39(14)70(99)115-80-65-63(107-74-52(77-113-68(97)36(11)32(5)6)56(92)59(100-17)47(28-86)103-74)55(91)46(27-85)72(110-65)106-61-49(30-88)104-75(53(58(61)94)78-114-69(98)37(12)33(7)8)108-62-54(90)45(26-84)71(109-64(62)79-111-66(95)34(9)20-2)105-60-48(29-87)102-73(101-18)51(57(60)93)76-112-67(96)35(10)31(3)4/h23-25,31-40,42-65,71-80,84-88,90-94H,19-22,26-30H2,1-18H3. The van der Waals surface area contributed by atoms with Gasteiger partial charge in [-0.15, -0.1) is 27.4 Å². The monoisotopic (exact) mass is 1660 g/mol. The summed E-state index contributed by atoms with van der Waals surface area (Å²) in [7, 11) is 2.40. The SMILES string of the molecule is CCCC(C=O)C(C(C=O)CC(C=O)C(C)C(C)C(=O)ONC1OC(OC2C(CO)OC(OC3C(NOC(=O)C(C)CC)OC(OC4C(CO)OC(OC)C(NOC(=O)C(C)C(C)C)C4O)C(CO)C3O)C(NOC(=O)C(C)C(C)C)C2O)C(CO)C(O)C1OC1OC(CO)C(OC)C(O)C1NOC(=O)C(C)C(C)C)C(C)C(C)=O. The van der Waals surface area contributed by atoms with Gasteiger partial charge < -0.3 is 142 Å². The highest BCUT2D eigenvalue weighted by atomic mass is 16.8. The molecule has 0 bridgehead atoms. The van der Waals surface area contributed by atoms with Crippen LogP contribution in [0.25, 0.3) is 0 Å². The molecule has 15 N–H and O–H groups in total. The van der Waals surface area contributed by atoms with Crippen LogP contribution < -0.4 is 27.4 Å². The summed E-state index contributed by atoms with van der Waals surface area (Å²) in [6.07, 6.45) is -34.5. The van der Waals surface area contributed by atoms with E-state index in [-0.39, 0.29) is 36.4 Å². The van der Waals surface area contributed by atoms with E-state index in [1.807, 2.05) is 6.92 Å². The fourth-order valence-electron chi connectivity index (χ4n) is 13.9. The molecule has 5 saturated heterocycles. The van der Waals surface area contributed by atoms with Crippen molar-refractivity contribution < 1.29 is 171 Å². The van der Waals surface area contributed by atoms with E-state index in [0.29, 0.717) is 31.7 Å². The molecular formula is C75H129N5O35. The Kier molecular flexibility index (Phi) is 41.8. The fraction of sp³-hybridized carbons (Fsp3) is 0.880. The van der Waals surface area contributed by atoms with Crippen LogP contribution >= 0.6 is 0 Å². The lowest BCUT2D eigenvalue weighted by Gasteiger charge is -2.51. The van der Waals surface area contributed by atoms with E-state index in [9.17, 15) is 94.2 Å². The molecule has 40 heteroatoms. The number of hydroxylamine groups is 5. The topological polar surface area (TPSA) is 564 Å². The number of Topliss-reactive ketones (excluding diaryl/α,β-unsaturated/α-hetero) is 1. The van der Waals surface area contributed by atoms with E-state index in [1.54, 1.807) is 69.2 Å². The molecule has 0 aromatic heterocycles. The summed E-state index contributed by atoms with van der Waals surface area (Å²) in [5, 5.41) is 117. The Morgan fingerprint density at radius 1 is 0.391 bits per heavy atom. The third-order valence-corrected chi connectivity index (χ3v) is 23.4. The second kappa shape index (κ2) is 47.8. The lowest BCUT2D eigenvalue weighted by Crippen LogP contribution is -2.70. The van der Waals surface area contributed by atoms with Crippen LogP contribution in [-0.2, 0) is 119 Å². The van der Waals surface area contributed by atoms with Crippen molar-refractivity contribution in [2.24, 2.45) is 94.7 Å². The molecule has 0 aromatic carbocycles. The van der Waals surface area contributed by atoms with E-state index in [4.69, 9.17) is 76.3 Å². The van der Waals surface area contributed by atoms with E-state index < -0.39 is 281 Å². The number of rotatable bonds is 47. The Balaban J connectivity index is 1.59. The number of carbonyl (C=O) groups is 9. The average Bonchev–Trinajstić information content (AvgIpc) is 0.769. The van der Waals surface area contributed by atoms with Gasteiger partial charge in [-0.25, -0.2) is 0 Å². The van der Waals surface area contributed by atoms with Gasteiger partial charge >= 0.3 is 29.8 Å². The third kappa shape index (κ3) is 25.5. The van der Waals surface area contributed by atoms with E-state index in [1.165, 1.54) is 48.8 Å². The molecule has 5 aliphatic rings. The molecule has 36 unspecified atom stereocenters. The second-order valence-corrected chi connectivity index (χ2v) is 31.7. The highest BCUT2D eigenvalue weighted by Gasteiger charge is 2.59. The van der Waals surface area contributed by atoms with Gasteiger partial charge in [-0.05, 0) is 55.8 Å². The first-order chi connectivity index (χ1) is 54.4. The zero-order valence-electron chi connectivity index (χ0n) is 68.8. The number of nitrogens with one attached hydrogen (secondary N) is 5. The maximum absolute atomic E-state index is 14.5. The van der Waals surface area contributed by atoms with Gasteiger partial charge in [0.2, 0.25) is 0 Å². The quantitative estimate of drug-likeness (QED) is 0.0174. The normalized spacial score (nSPS) is 34.9. The van der Waals surface area contributed by atoms with Crippen molar-refractivity contribution in [3.63, 3.8) is 0 Å². The molecule has 40 nitrogen and oxygen atoms in total. The molecule has 0 aliphatic carbocycles. The minimum Gasteiger partial charge on any atom is -0.396 e. The molecule has 664 valence electrons. The number of aliphatic hydroxyl groups excluding tert-OH is 10. The first-order valence-electron chi connectivity index (χ1n) is 39.5. The summed E-state index contributed by atoms with van der Waals surface area (Å²) in [4.78, 5) is 147. The fourth-order valence-corrected chi connectivity index (χ4v) is 13.9. The maximum Gasteiger partial charge on any atom is 0.327 e. The molecule has 0 radical (unpaired) electrons. The minimum absolute atomic E-state index is 0.168. The largest absolute Gasteiger partial charge is 0.396 e. The summed E-state index contributed by atoms with van der Waals surface area (Å²) in [5.41, 5.74) is 12.2. The summed E-state index contributed by atoms with van der Waals surface area (Å²) in [6.45, 7) is 21.0. The zero-order chi connectivity index (χ0) is 86.3. The van der Waals surface area contributed by atoms with Gasteiger partial charge in [-0.3, -0.25) is 28.8 Å². The zero-order valence-corrected chi connectivity index (χ0v) is 68.8. The Labute approximate surface area is 669 Å². The van der Waals surface area contributed by atoms with Gasteiger partial charge in [-0.2, -0.15) is 0 Å². The van der Waals surface area contributed by atoms with Crippen molar-refractivity contribution in [3.05, 3.63) is 0 Å². The predicted molar refractivity (Wildman–Crippen MR) is 392 cm³/mol. The number of aliphatic hydroxyl groups is 10. The van der Waals surface area contributed by atoms with Crippen molar-refractivity contribution in [1.82, 2.24) is 27.4 Å². The van der Waals surface area contributed by atoms with Crippen LogP contribution in [0.2, 0.25) is 0 Å². The van der Waals surface area contributed by atoms with Gasteiger partial charge in [0.25, 0.3) is 0 Å². The van der Waals surface area contributed by atoms with Crippen LogP contribution in [-0.4, -0.2) is 294 Å². The summed E-state index contributed by atoms with van der Waals surface area (Å²) in [6, 6.07) is -5.06. The first-order valence-corrected chi connectivity index (χ1v) is 39.5. The maximum atomic E-state index is 14.5. The molecule has 0 amide bonds. The summed E-state index contributed by atoms with van der Waals surface area (Å²) >= 11 is 0. The van der Waals surface area contributed by atoms with Crippen molar-refractivity contribution in [2.75, 3.05) is 47.3 Å². The Morgan fingerprint density at radius 2 is 0.739 bits per heavy atom. The van der Waals surface area contributed by atoms with Crippen LogP contribution in [0.15, 0.2) is 0 Å². The molecule has 5 aliphatic heterocycles. The van der Waals surface area contributed by atoms with Crippen molar-refractivity contribution in [1.29, 1.82) is 0 Å². The number of ketones is 1. The lowest BCUT2D eigenvalue weighted by atomic mass is 9.68. The van der Waals surface area contributed by atoms with Gasteiger partial charge in [0, 0.05) is 37.9 Å². The summed E-state index contributed by atoms with van der Waals surface area (Å²) < 4.78 is 67.7. The number of hydrogen-bond donors (Lipinski definition) is 15. The van der Waals surface area contributed by atoms with Crippen molar-refractivity contribution in [2.45, 2.75) is 278 Å². The van der Waals surface area contributed by atoms with E-state index in [0.717, 1.165) is 0 Å². The molecule has 0 aromatic rings. The van der Waals surface area contributed by atoms with Crippen LogP contribution in [0.4, 0.5) is 0 Å². The second-order valence-electron chi connectivity index (χ2n) is 31.7. The van der Waals surface area contributed by atoms with Crippen LogP contribution in [0.1, 0.15) is 136 Å². The van der Waals surface area contributed by atoms with Gasteiger partial charge in [0.15, 0.2) is 43.9 Å². The van der Waals surface area contributed by atoms with Gasteiger partial charge in [0.05, 0.1) is 86.7 Å². The number of methoxy groups -OCH3 is 2. The predicted octanol–water partition coefficient (Wildman–Crippen LogP) is -2.26. The number of ether oxygens (including phenoxy) is 11. The first kappa shape index (κ1) is 101. The summed E-state index contributed by atoms with van der Waals surface area (Å²) in [5.74, 6) is -18.6. The smallest absolute Gasteiger partial charge is 0.327 e. The average molecular weight is 1660 g/mol. The highest BCUT2D eigenvalue weighted by molar-refractivity contribution is 5.80. The van der Waals surface area contributed by atoms with E-state index in [2.05, 4.69) is 27.4 Å². The minimum atomic E-state index is -2.22. The Bertz CT molecular complexity index is 3010. The molecule has 5 fully saturated rings. The third-order valence-electron chi connectivity index (χ3n) is 23.4. The van der Waals surface area contributed by atoms with Gasteiger partial charge in [-0.1, -0.05) is 110 Å². The van der Waals surface area contributed by atoms with Crippen LogP contribution in [0.5, 0.6) is 0 Å². The molecule has 0 spiro atoms. The number of hydrogen-bond acceptors (Lipinski definition) is 40. The Hall–Kier alpha value is -5.01. The molecule has 5 heterocycles. The van der Waals surface area contributed by atoms with Crippen molar-refractivity contribution in [3.8, 4) is 0 Å². The molecule has 115 heavy (non-hydrogen) atoms. The van der Waals surface area contributed by atoms with E-state index >= 15 is 0 Å². The molecule has 0 saturated carbocycles. The van der Waals surface area contributed by atoms with Crippen LogP contribution in [0.3, 0.4) is 0 Å². The number of aldehydes is 3. The highest BCUT2D eigenvalue weighted by Crippen LogP contribution is 2.41. The molecular weight excluding hydrogens is 1530 g/mol. The number of carbonyl (C=O) groups excluding carboxylic acids is 9. The molecule has 36 atom stereocenters. The Morgan fingerprint density at radius 3 is 1.08 bits per heavy atom. The van der Waals surface area contributed by atoms with Crippen LogP contribution in [0, 0.1) is 94.7 Å². The molecule has 5 rings (SSSR count). The van der Waals surface area contributed by atoms with Crippen molar-refractivity contribution >= 4 is 54.5 Å². The van der Waals surface area contributed by atoms with Gasteiger partial charge in [0.1, 0.15) is 110 Å².